The summed E-state index contributed by atoms with van der Waals surface area (Å²) in [6, 6.07) is 12.2. The van der Waals surface area contributed by atoms with Crippen molar-refractivity contribution in [2.75, 3.05) is 0 Å². The van der Waals surface area contributed by atoms with Gasteiger partial charge in [0.2, 0.25) is 0 Å². The highest BCUT2D eigenvalue weighted by Gasteiger charge is 2.30. The highest BCUT2D eigenvalue weighted by Crippen LogP contribution is 2.38. The fraction of sp³-hybridized carbons (Fsp3) is 0.308. The number of halogens is 3. The summed E-state index contributed by atoms with van der Waals surface area (Å²) in [5, 5.41) is 29.7. The zero-order valence-electron chi connectivity index (χ0n) is 18.8. The molecule has 1 aromatic heterocycles. The van der Waals surface area contributed by atoms with Gasteiger partial charge in [-0.2, -0.15) is 13.2 Å². The van der Waals surface area contributed by atoms with E-state index in [1.54, 1.807) is 6.08 Å². The molecule has 3 aromatic rings. The van der Waals surface area contributed by atoms with Gasteiger partial charge in [0.05, 0.1) is 35.4 Å². The zero-order chi connectivity index (χ0) is 25.0. The number of alkyl halides is 3. The average molecular weight is 473 g/mol. The number of pyridine rings is 1. The van der Waals surface area contributed by atoms with Gasteiger partial charge < -0.3 is 15.3 Å². The second-order valence-electron chi connectivity index (χ2n) is 8.45. The fourth-order valence-electron chi connectivity index (χ4n) is 3.84. The van der Waals surface area contributed by atoms with E-state index in [1.165, 1.54) is 18.2 Å². The molecule has 2 unspecified atom stereocenters. The molecule has 0 amide bonds. The van der Waals surface area contributed by atoms with Crippen LogP contribution < -0.4 is 0 Å². The number of aliphatic carboxylic acids is 1. The van der Waals surface area contributed by atoms with Crippen molar-refractivity contribution in [2.45, 2.75) is 51.0 Å². The summed E-state index contributed by atoms with van der Waals surface area (Å²) < 4.78 is 39.3. The Morgan fingerprint density at radius 3 is 2.29 bits per heavy atom. The Kier molecular flexibility index (Phi) is 7.74. The normalized spacial score (nSPS) is 14.1. The number of para-hydroxylation sites is 1. The fourth-order valence-corrected chi connectivity index (χ4v) is 3.84. The summed E-state index contributed by atoms with van der Waals surface area (Å²) in [6.45, 7) is 3.88. The van der Waals surface area contributed by atoms with Crippen LogP contribution in [-0.2, 0) is 11.0 Å². The number of benzene rings is 2. The van der Waals surface area contributed by atoms with Crippen molar-refractivity contribution in [2.24, 2.45) is 0 Å². The molecule has 0 bridgehead atoms. The molecule has 5 nitrogen and oxygen atoms in total. The Labute approximate surface area is 195 Å². The molecule has 0 radical (unpaired) electrons. The summed E-state index contributed by atoms with van der Waals surface area (Å²) in [4.78, 5) is 15.5. The molecule has 2 aromatic carbocycles. The number of carbonyl (C=O) groups is 1. The van der Waals surface area contributed by atoms with Crippen molar-refractivity contribution >= 4 is 22.9 Å². The summed E-state index contributed by atoms with van der Waals surface area (Å²) in [6.07, 6.45) is -4.37. The number of rotatable bonds is 8. The van der Waals surface area contributed by atoms with Gasteiger partial charge in [-0.05, 0) is 29.7 Å². The maximum absolute atomic E-state index is 13.1. The van der Waals surface area contributed by atoms with Crippen molar-refractivity contribution in [3.05, 3.63) is 71.4 Å². The molecule has 0 fully saturated rings. The lowest BCUT2D eigenvalue weighted by Crippen LogP contribution is -2.19. The molecule has 0 spiro atoms. The van der Waals surface area contributed by atoms with Crippen LogP contribution in [0.25, 0.3) is 28.1 Å². The van der Waals surface area contributed by atoms with E-state index in [1.807, 2.05) is 38.1 Å². The second-order valence-corrected chi connectivity index (χ2v) is 8.45. The van der Waals surface area contributed by atoms with Crippen LogP contribution >= 0.6 is 0 Å². The molecular weight excluding hydrogens is 447 g/mol. The number of carboxylic acids is 1. The Hall–Kier alpha value is -3.23. The van der Waals surface area contributed by atoms with Gasteiger partial charge in [-0.1, -0.05) is 56.3 Å². The molecule has 3 N–H and O–H groups in total. The molecular formula is C26H26F3NO4. The lowest BCUT2D eigenvalue weighted by molar-refractivity contribution is -0.139. The SMILES string of the molecule is CC(C)c1nc2ccccc2c(-c2ccc(C(F)(F)F)cc2)c1/C=C/C(O)CC(O)CC(=O)O. The number of nitrogens with zero attached hydrogens (tertiary/aromatic N) is 1. The van der Waals surface area contributed by atoms with Gasteiger partial charge in [0.15, 0.2) is 0 Å². The van der Waals surface area contributed by atoms with Gasteiger partial charge >= 0.3 is 12.1 Å². The molecule has 0 aliphatic rings. The third-order valence-electron chi connectivity index (χ3n) is 5.42. The number of aromatic nitrogens is 1. The van der Waals surface area contributed by atoms with Crippen LogP contribution in [0, 0.1) is 0 Å². The van der Waals surface area contributed by atoms with E-state index in [9.17, 15) is 28.2 Å². The van der Waals surface area contributed by atoms with Gasteiger partial charge in [0.25, 0.3) is 0 Å². The number of hydrogen-bond acceptors (Lipinski definition) is 4. The van der Waals surface area contributed by atoms with Gasteiger partial charge in [0.1, 0.15) is 0 Å². The first-order chi connectivity index (χ1) is 16.0. The monoisotopic (exact) mass is 473 g/mol. The Balaban J connectivity index is 2.14. The third-order valence-corrected chi connectivity index (χ3v) is 5.42. The number of carboxylic acid groups (broad SMARTS) is 1. The lowest BCUT2D eigenvalue weighted by Gasteiger charge is -2.18. The van der Waals surface area contributed by atoms with E-state index in [4.69, 9.17) is 10.1 Å². The molecule has 0 aliphatic carbocycles. The largest absolute Gasteiger partial charge is 0.481 e. The minimum Gasteiger partial charge on any atom is -0.481 e. The van der Waals surface area contributed by atoms with Crippen LogP contribution in [0.2, 0.25) is 0 Å². The lowest BCUT2D eigenvalue weighted by atomic mass is 9.90. The van der Waals surface area contributed by atoms with Gasteiger partial charge in [-0.15, -0.1) is 0 Å². The molecule has 34 heavy (non-hydrogen) atoms. The van der Waals surface area contributed by atoms with Crippen LogP contribution in [0.5, 0.6) is 0 Å². The first-order valence-corrected chi connectivity index (χ1v) is 10.8. The van der Waals surface area contributed by atoms with Crippen molar-refractivity contribution < 1.29 is 33.3 Å². The highest BCUT2D eigenvalue weighted by atomic mass is 19.4. The van der Waals surface area contributed by atoms with Crippen molar-refractivity contribution in [1.29, 1.82) is 0 Å². The van der Waals surface area contributed by atoms with E-state index in [0.29, 0.717) is 27.9 Å². The summed E-state index contributed by atoms with van der Waals surface area (Å²) in [7, 11) is 0. The highest BCUT2D eigenvalue weighted by molar-refractivity contribution is 5.99. The molecule has 3 rings (SSSR count). The summed E-state index contributed by atoms with van der Waals surface area (Å²) in [5.74, 6) is -1.21. The number of aliphatic hydroxyl groups is 2. The number of hydrogen-bond donors (Lipinski definition) is 3. The zero-order valence-corrected chi connectivity index (χ0v) is 18.8. The Morgan fingerprint density at radius 1 is 1.06 bits per heavy atom. The smallest absolute Gasteiger partial charge is 0.416 e. The Morgan fingerprint density at radius 2 is 1.71 bits per heavy atom. The molecule has 180 valence electrons. The quantitative estimate of drug-likeness (QED) is 0.394. The molecule has 2 atom stereocenters. The minimum absolute atomic E-state index is 0.0350. The number of fused-ring (bicyclic) bond motifs is 1. The molecule has 0 saturated carbocycles. The standard InChI is InChI=1S/C26H26F3NO4/c1-15(2)25-21(12-11-18(31)13-19(32)14-23(33)34)24(20-5-3-4-6-22(20)30-25)16-7-9-17(10-8-16)26(27,28)29/h3-12,15,18-19,31-32H,13-14H2,1-2H3,(H,33,34)/b12-11+. The van der Waals surface area contributed by atoms with Crippen molar-refractivity contribution in [3.63, 3.8) is 0 Å². The molecule has 1 heterocycles. The van der Waals surface area contributed by atoms with Gasteiger partial charge in [-0.3, -0.25) is 9.78 Å². The first kappa shape index (κ1) is 25.4. The van der Waals surface area contributed by atoms with Gasteiger partial charge in [0, 0.05) is 22.9 Å². The van der Waals surface area contributed by atoms with E-state index in [0.717, 1.165) is 17.5 Å². The predicted molar refractivity (Wildman–Crippen MR) is 124 cm³/mol. The Bertz CT molecular complexity index is 1190. The van der Waals surface area contributed by atoms with Gasteiger partial charge in [-0.25, -0.2) is 0 Å². The van der Waals surface area contributed by atoms with E-state index in [-0.39, 0.29) is 12.3 Å². The van der Waals surface area contributed by atoms with E-state index in [2.05, 4.69) is 0 Å². The average Bonchev–Trinajstić information content (AvgIpc) is 2.75. The van der Waals surface area contributed by atoms with Crippen LogP contribution in [-0.4, -0.2) is 38.5 Å². The van der Waals surface area contributed by atoms with Crippen molar-refractivity contribution in [1.82, 2.24) is 4.98 Å². The van der Waals surface area contributed by atoms with Crippen LogP contribution in [0.4, 0.5) is 13.2 Å². The van der Waals surface area contributed by atoms with Crippen LogP contribution in [0.3, 0.4) is 0 Å². The second kappa shape index (κ2) is 10.4. The molecule has 0 aliphatic heterocycles. The minimum atomic E-state index is -4.45. The maximum atomic E-state index is 13.1. The van der Waals surface area contributed by atoms with E-state index >= 15 is 0 Å². The first-order valence-electron chi connectivity index (χ1n) is 10.8. The summed E-state index contributed by atoms with van der Waals surface area (Å²) >= 11 is 0. The molecule has 8 heteroatoms. The number of aliphatic hydroxyl groups excluding tert-OH is 2. The van der Waals surface area contributed by atoms with E-state index < -0.39 is 36.3 Å². The molecule has 0 saturated heterocycles. The third kappa shape index (κ3) is 6.01. The topological polar surface area (TPSA) is 90.7 Å². The maximum Gasteiger partial charge on any atom is 0.416 e. The van der Waals surface area contributed by atoms with Crippen LogP contribution in [0.15, 0.2) is 54.6 Å². The predicted octanol–water partition coefficient (Wildman–Crippen LogP) is 5.64. The van der Waals surface area contributed by atoms with Crippen molar-refractivity contribution in [3.8, 4) is 11.1 Å². The van der Waals surface area contributed by atoms with Crippen LogP contribution in [0.1, 0.15) is 49.4 Å². The summed E-state index contributed by atoms with van der Waals surface area (Å²) in [5.41, 5.74) is 2.52.